The first-order chi connectivity index (χ1) is 16.6. The van der Waals surface area contributed by atoms with E-state index in [9.17, 15) is 22.4 Å². The van der Waals surface area contributed by atoms with E-state index in [2.05, 4.69) is 5.32 Å². The molecule has 10 heteroatoms. The Bertz CT molecular complexity index is 1240. The Morgan fingerprint density at radius 1 is 1.00 bits per heavy atom. The van der Waals surface area contributed by atoms with Gasteiger partial charge in [0.2, 0.25) is 21.8 Å². The molecule has 0 bridgehead atoms. The van der Waals surface area contributed by atoms with Crippen molar-refractivity contribution in [2.24, 2.45) is 0 Å². The van der Waals surface area contributed by atoms with E-state index in [1.165, 1.54) is 54.5 Å². The number of hydrogen-bond donors (Lipinski definition) is 1. The van der Waals surface area contributed by atoms with Gasteiger partial charge in [-0.25, -0.2) is 12.8 Å². The van der Waals surface area contributed by atoms with Crippen LogP contribution in [0.4, 0.5) is 10.1 Å². The zero-order chi connectivity index (χ0) is 25.6. The van der Waals surface area contributed by atoms with Crippen molar-refractivity contribution in [1.29, 1.82) is 0 Å². The van der Waals surface area contributed by atoms with Gasteiger partial charge >= 0.3 is 0 Å². The number of anilines is 1. The zero-order valence-corrected chi connectivity index (χ0v) is 20.6. The number of benzene rings is 2. The molecule has 1 heterocycles. The van der Waals surface area contributed by atoms with Crippen LogP contribution in [0.2, 0.25) is 0 Å². The number of carbonyl (C=O) groups excluding carboxylic acids is 2. The van der Waals surface area contributed by atoms with Crippen molar-refractivity contribution in [2.75, 3.05) is 11.9 Å². The predicted molar refractivity (Wildman–Crippen MR) is 129 cm³/mol. The highest BCUT2D eigenvalue weighted by Crippen LogP contribution is 2.21. The van der Waals surface area contributed by atoms with Crippen LogP contribution in [-0.2, 0) is 32.7 Å². The SMILES string of the molecule is CC(=O)Nc1ccc(S(=O)(=O)N(CC(=O)N(Cc2ccc(F)cc2)Cc2ccco2)C(C)C)cc1. The lowest BCUT2D eigenvalue weighted by atomic mass is 10.2. The Labute approximate surface area is 204 Å². The van der Waals surface area contributed by atoms with E-state index in [-0.39, 0.29) is 29.7 Å². The molecule has 186 valence electrons. The molecule has 0 fully saturated rings. The van der Waals surface area contributed by atoms with Crippen molar-refractivity contribution in [2.45, 2.75) is 44.8 Å². The monoisotopic (exact) mass is 501 g/mol. The summed E-state index contributed by atoms with van der Waals surface area (Å²) in [4.78, 5) is 26.1. The van der Waals surface area contributed by atoms with Gasteiger partial charge in [-0.05, 0) is 67.9 Å². The topological polar surface area (TPSA) is 99.9 Å². The molecule has 3 rings (SSSR count). The Morgan fingerprint density at radius 2 is 1.66 bits per heavy atom. The van der Waals surface area contributed by atoms with Gasteiger partial charge in [-0.3, -0.25) is 9.59 Å². The van der Waals surface area contributed by atoms with Crippen LogP contribution >= 0.6 is 0 Å². The molecule has 0 aliphatic carbocycles. The third kappa shape index (κ3) is 7.00. The summed E-state index contributed by atoms with van der Waals surface area (Å²) in [7, 11) is -4.01. The van der Waals surface area contributed by atoms with E-state index >= 15 is 0 Å². The Kier molecular flexibility index (Phi) is 8.42. The fraction of sp³-hybridized carbons (Fsp3) is 0.280. The van der Waals surface area contributed by atoms with Crippen LogP contribution in [0.1, 0.15) is 32.1 Å². The van der Waals surface area contributed by atoms with Crippen molar-refractivity contribution < 1.29 is 26.8 Å². The molecular formula is C25H28FN3O5S. The zero-order valence-electron chi connectivity index (χ0n) is 19.8. The second-order valence-corrected chi connectivity index (χ2v) is 10.2. The second kappa shape index (κ2) is 11.3. The van der Waals surface area contributed by atoms with Crippen LogP contribution in [0.25, 0.3) is 0 Å². The second-order valence-electron chi connectivity index (χ2n) is 8.31. The fourth-order valence-corrected chi connectivity index (χ4v) is 5.05. The Balaban J connectivity index is 1.84. The quantitative estimate of drug-likeness (QED) is 0.453. The molecule has 0 saturated heterocycles. The summed E-state index contributed by atoms with van der Waals surface area (Å²) >= 11 is 0. The molecule has 0 spiro atoms. The van der Waals surface area contributed by atoms with Gasteiger partial charge < -0.3 is 14.6 Å². The molecular weight excluding hydrogens is 473 g/mol. The number of sulfonamides is 1. The van der Waals surface area contributed by atoms with Crippen LogP contribution in [0.15, 0.2) is 76.2 Å². The van der Waals surface area contributed by atoms with Gasteiger partial charge in [0.15, 0.2) is 0 Å². The maximum atomic E-state index is 13.4. The molecule has 1 aromatic heterocycles. The summed E-state index contributed by atoms with van der Waals surface area (Å²) in [6.45, 7) is 4.62. The van der Waals surface area contributed by atoms with E-state index in [1.54, 1.807) is 38.1 Å². The average molecular weight is 502 g/mol. The van der Waals surface area contributed by atoms with Crippen molar-refractivity contribution in [3.8, 4) is 0 Å². The number of hydrogen-bond acceptors (Lipinski definition) is 5. The number of halogens is 1. The number of carbonyl (C=O) groups is 2. The fourth-order valence-electron chi connectivity index (χ4n) is 3.46. The van der Waals surface area contributed by atoms with Crippen LogP contribution < -0.4 is 5.32 Å². The van der Waals surface area contributed by atoms with Crippen LogP contribution in [-0.4, -0.2) is 42.0 Å². The summed E-state index contributed by atoms with van der Waals surface area (Å²) in [5, 5.41) is 2.59. The van der Waals surface area contributed by atoms with Crippen molar-refractivity contribution in [3.05, 3.63) is 84.1 Å². The first-order valence-corrected chi connectivity index (χ1v) is 12.4. The first kappa shape index (κ1) is 26.1. The highest BCUT2D eigenvalue weighted by atomic mass is 32.2. The third-order valence-electron chi connectivity index (χ3n) is 5.21. The number of amides is 2. The predicted octanol–water partition coefficient (Wildman–Crippen LogP) is 4.01. The molecule has 0 aliphatic heterocycles. The standard InChI is InChI=1S/C25H28FN3O5S/c1-18(2)29(35(32,33)24-12-10-22(11-13-24)27-19(3)30)17-25(31)28(16-23-5-4-14-34-23)15-20-6-8-21(26)9-7-20/h4-14,18H,15-17H2,1-3H3,(H,27,30). The average Bonchev–Trinajstić information content (AvgIpc) is 3.31. The molecule has 0 atom stereocenters. The van der Waals surface area contributed by atoms with Gasteiger partial charge in [0.05, 0.1) is 24.2 Å². The van der Waals surface area contributed by atoms with Crippen LogP contribution in [0.3, 0.4) is 0 Å². The summed E-state index contributed by atoms with van der Waals surface area (Å²) in [6, 6.07) is 14.4. The van der Waals surface area contributed by atoms with Gasteiger partial charge in [-0.1, -0.05) is 12.1 Å². The van der Waals surface area contributed by atoms with Crippen LogP contribution in [0, 0.1) is 5.82 Å². The summed E-state index contributed by atoms with van der Waals surface area (Å²) in [5.41, 5.74) is 1.16. The normalized spacial score (nSPS) is 11.6. The van der Waals surface area contributed by atoms with Gasteiger partial charge in [0, 0.05) is 25.2 Å². The molecule has 0 saturated carbocycles. The lowest BCUT2D eigenvalue weighted by Crippen LogP contribution is -2.45. The number of nitrogens with one attached hydrogen (secondary N) is 1. The third-order valence-corrected chi connectivity index (χ3v) is 7.25. The minimum atomic E-state index is -4.01. The number of furan rings is 1. The van der Waals surface area contributed by atoms with E-state index < -0.39 is 28.5 Å². The van der Waals surface area contributed by atoms with Crippen molar-refractivity contribution >= 4 is 27.5 Å². The van der Waals surface area contributed by atoms with E-state index in [4.69, 9.17) is 4.42 Å². The molecule has 2 aromatic carbocycles. The minimum absolute atomic E-state index is 0.00391. The molecule has 2 amide bonds. The molecule has 0 aliphatic rings. The van der Waals surface area contributed by atoms with E-state index in [1.807, 2.05) is 0 Å². The Hall–Kier alpha value is -3.50. The number of nitrogens with zero attached hydrogens (tertiary/aromatic N) is 2. The first-order valence-electron chi connectivity index (χ1n) is 11.0. The molecule has 8 nitrogen and oxygen atoms in total. The Morgan fingerprint density at radius 3 is 2.20 bits per heavy atom. The largest absolute Gasteiger partial charge is 0.467 e. The van der Waals surface area contributed by atoms with Crippen molar-refractivity contribution in [1.82, 2.24) is 9.21 Å². The van der Waals surface area contributed by atoms with Crippen LogP contribution in [0.5, 0.6) is 0 Å². The maximum absolute atomic E-state index is 13.4. The minimum Gasteiger partial charge on any atom is -0.467 e. The van der Waals surface area contributed by atoms with E-state index in [0.29, 0.717) is 17.0 Å². The summed E-state index contributed by atoms with van der Waals surface area (Å²) in [6.07, 6.45) is 1.49. The molecule has 3 aromatic rings. The maximum Gasteiger partial charge on any atom is 0.243 e. The molecule has 1 N–H and O–H groups in total. The van der Waals surface area contributed by atoms with E-state index in [0.717, 1.165) is 4.31 Å². The highest BCUT2D eigenvalue weighted by Gasteiger charge is 2.31. The summed E-state index contributed by atoms with van der Waals surface area (Å²) < 4.78 is 46.6. The highest BCUT2D eigenvalue weighted by molar-refractivity contribution is 7.89. The lowest BCUT2D eigenvalue weighted by molar-refractivity contribution is -0.133. The van der Waals surface area contributed by atoms with Gasteiger partial charge in [-0.2, -0.15) is 4.31 Å². The number of rotatable bonds is 10. The molecule has 0 radical (unpaired) electrons. The molecule has 35 heavy (non-hydrogen) atoms. The van der Waals surface area contributed by atoms with Gasteiger partial charge in [-0.15, -0.1) is 0 Å². The van der Waals surface area contributed by atoms with Gasteiger partial charge in [0.25, 0.3) is 0 Å². The molecule has 0 unspecified atom stereocenters. The van der Waals surface area contributed by atoms with Gasteiger partial charge in [0.1, 0.15) is 11.6 Å². The smallest absolute Gasteiger partial charge is 0.243 e. The lowest BCUT2D eigenvalue weighted by Gasteiger charge is -2.29. The summed E-state index contributed by atoms with van der Waals surface area (Å²) in [5.74, 6) is -0.557. The van der Waals surface area contributed by atoms with Crippen molar-refractivity contribution in [3.63, 3.8) is 0 Å².